The second-order valence-corrected chi connectivity index (χ2v) is 4.46. The van der Waals surface area contributed by atoms with Crippen molar-refractivity contribution in [2.45, 2.75) is 33.3 Å². The fraction of sp³-hybridized carbons (Fsp3) is 0.375. The first-order valence-corrected chi connectivity index (χ1v) is 6.18. The number of hydrogen-bond donors (Lipinski definition) is 1. The summed E-state index contributed by atoms with van der Waals surface area (Å²) >= 11 is 0. The average molecular weight is 246 g/mol. The van der Waals surface area contributed by atoms with Crippen LogP contribution in [0.1, 0.15) is 38.9 Å². The van der Waals surface area contributed by atoms with Crippen LogP contribution in [0.15, 0.2) is 47.6 Å². The molecular weight excluding hydrogens is 224 g/mol. The number of aliphatic hydroxyl groups excluding tert-OH is 1. The Balaban J connectivity index is 3.07. The van der Waals surface area contributed by atoms with Gasteiger partial charge in [-0.2, -0.15) is 0 Å². The Kier molecular flexibility index (Phi) is 5.17. The molecule has 18 heavy (non-hydrogen) atoms. The Morgan fingerprint density at radius 1 is 1.28 bits per heavy atom. The van der Waals surface area contributed by atoms with Crippen molar-refractivity contribution in [2.75, 3.05) is 7.11 Å². The van der Waals surface area contributed by atoms with E-state index in [1.807, 2.05) is 38.1 Å². The smallest absolute Gasteiger partial charge is 0.118 e. The highest BCUT2D eigenvalue weighted by Gasteiger charge is 2.14. The van der Waals surface area contributed by atoms with E-state index in [0.717, 1.165) is 34.5 Å². The Morgan fingerprint density at radius 3 is 2.22 bits per heavy atom. The lowest BCUT2D eigenvalue weighted by atomic mass is 9.93. The second kappa shape index (κ2) is 6.41. The summed E-state index contributed by atoms with van der Waals surface area (Å²) in [5.74, 6) is 0.796. The van der Waals surface area contributed by atoms with Gasteiger partial charge in [-0.3, -0.25) is 0 Å². The predicted molar refractivity (Wildman–Crippen MR) is 75.8 cm³/mol. The van der Waals surface area contributed by atoms with Crippen molar-refractivity contribution in [1.29, 1.82) is 0 Å². The van der Waals surface area contributed by atoms with Crippen molar-refractivity contribution < 1.29 is 9.84 Å². The Morgan fingerprint density at radius 2 is 1.83 bits per heavy atom. The van der Waals surface area contributed by atoms with Crippen LogP contribution in [0.5, 0.6) is 5.75 Å². The molecule has 0 aromatic heterocycles. The minimum absolute atomic E-state index is 0.572. The van der Waals surface area contributed by atoms with Crippen LogP contribution in [0.4, 0.5) is 0 Å². The molecule has 0 fully saturated rings. The van der Waals surface area contributed by atoms with Gasteiger partial charge in [-0.25, -0.2) is 0 Å². The summed E-state index contributed by atoms with van der Waals surface area (Å²) in [5, 5.41) is 10.4. The molecule has 98 valence electrons. The molecule has 0 aliphatic carbocycles. The standard InChI is InChI=1S/C16H22O2/c1-6-15(12(4)11(2)3)16(17)13-7-9-14(18-5)10-8-13/h7-10,16-17H,2,6H2,1,3-5H3/b15-12+. The Hall–Kier alpha value is -1.54. The molecule has 0 bridgehead atoms. The van der Waals surface area contributed by atoms with Gasteiger partial charge in [0.15, 0.2) is 0 Å². The predicted octanol–water partition coefficient (Wildman–Crippen LogP) is 4.03. The zero-order chi connectivity index (χ0) is 13.7. The molecule has 1 N–H and O–H groups in total. The third-order valence-corrected chi connectivity index (χ3v) is 3.26. The molecule has 0 saturated heterocycles. The van der Waals surface area contributed by atoms with E-state index < -0.39 is 6.10 Å². The largest absolute Gasteiger partial charge is 0.497 e. The van der Waals surface area contributed by atoms with E-state index >= 15 is 0 Å². The first kappa shape index (κ1) is 14.5. The summed E-state index contributed by atoms with van der Waals surface area (Å²) in [6.07, 6.45) is 0.240. The highest BCUT2D eigenvalue weighted by molar-refractivity contribution is 5.37. The van der Waals surface area contributed by atoms with E-state index in [4.69, 9.17) is 4.74 Å². The molecule has 0 amide bonds. The molecule has 0 heterocycles. The number of hydrogen-bond acceptors (Lipinski definition) is 2. The van der Waals surface area contributed by atoms with E-state index in [-0.39, 0.29) is 0 Å². The maximum Gasteiger partial charge on any atom is 0.118 e. The van der Waals surface area contributed by atoms with Crippen LogP contribution >= 0.6 is 0 Å². The summed E-state index contributed by atoms with van der Waals surface area (Å²) in [6, 6.07) is 7.51. The molecule has 2 heteroatoms. The van der Waals surface area contributed by atoms with E-state index in [0.29, 0.717) is 0 Å². The van der Waals surface area contributed by atoms with Crippen molar-refractivity contribution in [3.05, 3.63) is 53.1 Å². The highest BCUT2D eigenvalue weighted by Crippen LogP contribution is 2.29. The SMILES string of the molecule is C=C(C)/C(C)=C(\CC)C(O)c1ccc(OC)cc1. The number of ether oxygens (including phenoxy) is 1. The van der Waals surface area contributed by atoms with Crippen molar-refractivity contribution >= 4 is 0 Å². The average Bonchev–Trinajstić information content (AvgIpc) is 2.39. The number of benzene rings is 1. The van der Waals surface area contributed by atoms with Crippen molar-refractivity contribution in [1.82, 2.24) is 0 Å². The Labute approximate surface area is 110 Å². The maximum absolute atomic E-state index is 10.4. The van der Waals surface area contributed by atoms with E-state index in [1.165, 1.54) is 0 Å². The zero-order valence-corrected chi connectivity index (χ0v) is 11.7. The second-order valence-electron chi connectivity index (χ2n) is 4.46. The fourth-order valence-corrected chi connectivity index (χ4v) is 1.93. The molecule has 0 saturated carbocycles. The highest BCUT2D eigenvalue weighted by atomic mass is 16.5. The number of aliphatic hydroxyl groups is 1. The van der Waals surface area contributed by atoms with E-state index in [2.05, 4.69) is 13.5 Å². The molecular formula is C16H22O2. The van der Waals surface area contributed by atoms with Crippen LogP contribution in [-0.4, -0.2) is 12.2 Å². The summed E-state index contributed by atoms with van der Waals surface area (Å²) in [5.41, 5.74) is 3.99. The number of rotatable bonds is 5. The van der Waals surface area contributed by atoms with Gasteiger partial charge < -0.3 is 9.84 Å². The van der Waals surface area contributed by atoms with Gasteiger partial charge in [0.1, 0.15) is 11.9 Å². The molecule has 1 rings (SSSR count). The quantitative estimate of drug-likeness (QED) is 0.795. The molecule has 0 aliphatic heterocycles. The van der Waals surface area contributed by atoms with Gasteiger partial charge >= 0.3 is 0 Å². The molecule has 2 nitrogen and oxygen atoms in total. The molecule has 0 radical (unpaired) electrons. The van der Waals surface area contributed by atoms with Crippen LogP contribution < -0.4 is 4.74 Å². The van der Waals surface area contributed by atoms with Crippen LogP contribution in [0.2, 0.25) is 0 Å². The molecule has 0 spiro atoms. The lowest BCUT2D eigenvalue weighted by Gasteiger charge is -2.18. The lowest BCUT2D eigenvalue weighted by Crippen LogP contribution is -2.04. The van der Waals surface area contributed by atoms with Crippen LogP contribution in [0.3, 0.4) is 0 Å². The lowest BCUT2D eigenvalue weighted by molar-refractivity contribution is 0.211. The maximum atomic E-state index is 10.4. The van der Waals surface area contributed by atoms with Gasteiger partial charge in [0.25, 0.3) is 0 Å². The summed E-state index contributed by atoms with van der Waals surface area (Å²) < 4.78 is 5.11. The molecule has 1 aromatic rings. The van der Waals surface area contributed by atoms with Crippen LogP contribution in [0, 0.1) is 0 Å². The Bertz CT molecular complexity index is 441. The first-order valence-electron chi connectivity index (χ1n) is 6.18. The third kappa shape index (κ3) is 3.23. The van der Waals surface area contributed by atoms with Crippen molar-refractivity contribution in [2.24, 2.45) is 0 Å². The van der Waals surface area contributed by atoms with Gasteiger partial charge in [-0.1, -0.05) is 31.2 Å². The molecule has 1 atom stereocenters. The summed E-state index contributed by atoms with van der Waals surface area (Å²) in [7, 11) is 1.63. The van der Waals surface area contributed by atoms with Crippen molar-refractivity contribution in [3.8, 4) is 5.75 Å². The van der Waals surface area contributed by atoms with Gasteiger partial charge in [-0.05, 0) is 49.1 Å². The monoisotopic (exact) mass is 246 g/mol. The van der Waals surface area contributed by atoms with Gasteiger partial charge in [0, 0.05) is 0 Å². The van der Waals surface area contributed by atoms with Crippen molar-refractivity contribution in [3.63, 3.8) is 0 Å². The minimum Gasteiger partial charge on any atom is -0.497 e. The number of methoxy groups -OCH3 is 1. The van der Waals surface area contributed by atoms with Gasteiger partial charge in [0.05, 0.1) is 7.11 Å². The van der Waals surface area contributed by atoms with Gasteiger partial charge in [-0.15, -0.1) is 0 Å². The minimum atomic E-state index is -0.572. The molecule has 1 unspecified atom stereocenters. The van der Waals surface area contributed by atoms with Crippen LogP contribution in [-0.2, 0) is 0 Å². The van der Waals surface area contributed by atoms with Crippen LogP contribution in [0.25, 0.3) is 0 Å². The normalized spacial score (nSPS) is 13.8. The fourth-order valence-electron chi connectivity index (χ4n) is 1.93. The first-order chi connectivity index (χ1) is 8.51. The topological polar surface area (TPSA) is 29.5 Å². The molecule has 1 aromatic carbocycles. The zero-order valence-electron chi connectivity index (χ0n) is 11.7. The van der Waals surface area contributed by atoms with Gasteiger partial charge in [0.2, 0.25) is 0 Å². The number of allylic oxidation sites excluding steroid dienone is 2. The molecule has 0 aliphatic rings. The van der Waals surface area contributed by atoms with E-state index in [1.54, 1.807) is 7.11 Å². The van der Waals surface area contributed by atoms with E-state index in [9.17, 15) is 5.11 Å². The third-order valence-electron chi connectivity index (χ3n) is 3.26. The summed E-state index contributed by atoms with van der Waals surface area (Å²) in [4.78, 5) is 0. The summed E-state index contributed by atoms with van der Waals surface area (Å²) in [6.45, 7) is 9.96.